The maximum atomic E-state index is 14.3. The maximum absolute atomic E-state index is 14.3. The molecule has 0 N–H and O–H groups in total. The monoisotopic (exact) mass is 429 g/mol. The van der Waals surface area contributed by atoms with E-state index in [0.29, 0.717) is 5.75 Å². The third kappa shape index (κ3) is 4.98. The fraction of sp³-hybridized carbons (Fsp3) is 0.176. The second-order valence-corrected chi connectivity index (χ2v) is 5.08. The summed E-state index contributed by atoms with van der Waals surface area (Å²) in [4.78, 5) is 1.15. The van der Waals surface area contributed by atoms with Crippen molar-refractivity contribution < 1.29 is 50.6 Å². The standard InChI is InChI=1S/C17H14ClF3NO.Y/c1-3-8-23-12-4-5-13(15(19)9-12)16-7-6-14(18)11(2)22(16)10-17(20)21;/h3-6,9,17H,1-2,8,10H2;/q-1;. The van der Waals surface area contributed by atoms with Crippen molar-refractivity contribution in [3.05, 3.63) is 71.7 Å². The molecule has 2 rings (SSSR count). The molecule has 0 saturated carbocycles. The van der Waals surface area contributed by atoms with Crippen molar-refractivity contribution in [1.82, 2.24) is 4.90 Å². The number of hydrogen-bond acceptors (Lipinski definition) is 2. The zero-order valence-corrected chi connectivity index (χ0v) is 16.3. The van der Waals surface area contributed by atoms with Gasteiger partial charge in [-0.2, -0.15) is 23.8 Å². The van der Waals surface area contributed by atoms with E-state index in [-0.39, 0.29) is 61.3 Å². The molecule has 0 atom stereocenters. The summed E-state index contributed by atoms with van der Waals surface area (Å²) in [6.07, 6.45) is 3.01. The molecule has 7 heteroatoms. The maximum Gasteiger partial charge on any atom is 0.256 e. The van der Waals surface area contributed by atoms with E-state index >= 15 is 0 Å². The van der Waals surface area contributed by atoms with Crippen LogP contribution in [-0.4, -0.2) is 24.5 Å². The zero-order chi connectivity index (χ0) is 17.0. The van der Waals surface area contributed by atoms with Crippen molar-refractivity contribution in [3.63, 3.8) is 0 Å². The number of allylic oxidation sites excluding steroid dienone is 3. The fourth-order valence-corrected chi connectivity index (χ4v) is 2.21. The molecule has 1 heterocycles. The second-order valence-electron chi connectivity index (χ2n) is 4.67. The fourth-order valence-electron chi connectivity index (χ4n) is 2.05. The molecule has 0 aromatic heterocycles. The quantitative estimate of drug-likeness (QED) is 0.478. The molecule has 0 amide bonds. The van der Waals surface area contributed by atoms with Gasteiger partial charge < -0.3 is 9.64 Å². The van der Waals surface area contributed by atoms with Crippen LogP contribution in [0.5, 0.6) is 5.75 Å². The molecule has 1 aliphatic heterocycles. The Bertz CT molecular complexity index is 688. The van der Waals surface area contributed by atoms with Gasteiger partial charge in [-0.15, -0.1) is 6.07 Å². The number of ether oxygens (including phenoxy) is 1. The van der Waals surface area contributed by atoms with Crippen molar-refractivity contribution >= 4 is 17.3 Å². The van der Waals surface area contributed by atoms with Crippen LogP contribution in [0.4, 0.5) is 13.2 Å². The van der Waals surface area contributed by atoms with Gasteiger partial charge in [-0.3, -0.25) is 0 Å². The first-order valence-electron chi connectivity index (χ1n) is 6.71. The predicted molar refractivity (Wildman–Crippen MR) is 84.5 cm³/mol. The third-order valence-corrected chi connectivity index (χ3v) is 3.42. The zero-order valence-electron chi connectivity index (χ0n) is 12.7. The van der Waals surface area contributed by atoms with Crippen LogP contribution >= 0.6 is 11.6 Å². The normalized spacial score (nSPS) is 14.0. The molecule has 0 fully saturated rings. The summed E-state index contributed by atoms with van der Waals surface area (Å²) in [6.45, 7) is 6.75. The second kappa shape index (κ2) is 9.45. The van der Waals surface area contributed by atoms with Gasteiger partial charge in [-0.25, -0.2) is 13.2 Å². The van der Waals surface area contributed by atoms with Crippen molar-refractivity contribution in [1.29, 1.82) is 0 Å². The SMILES string of the molecule is C=CCOc1ccc(C2=[C-]C=C(Cl)C(=C)N2CC(F)F)c(F)c1.[Y]. The molecular weight excluding hydrogens is 416 g/mol. The largest absolute Gasteiger partial charge is 0.490 e. The smallest absolute Gasteiger partial charge is 0.256 e. The van der Waals surface area contributed by atoms with Crippen LogP contribution in [0.2, 0.25) is 0 Å². The molecule has 125 valence electrons. The molecule has 1 aliphatic rings. The molecule has 0 bridgehead atoms. The first kappa shape index (κ1) is 21.0. The predicted octanol–water partition coefficient (Wildman–Crippen LogP) is 4.75. The first-order chi connectivity index (χ1) is 10.9. The molecule has 1 aromatic rings. The van der Waals surface area contributed by atoms with E-state index in [2.05, 4.69) is 19.2 Å². The number of rotatable bonds is 6. The van der Waals surface area contributed by atoms with E-state index in [1.165, 1.54) is 24.3 Å². The van der Waals surface area contributed by atoms with E-state index in [1.54, 1.807) is 6.07 Å². The van der Waals surface area contributed by atoms with E-state index in [4.69, 9.17) is 16.3 Å². The number of alkyl halides is 2. The van der Waals surface area contributed by atoms with Gasteiger partial charge in [0.05, 0.1) is 12.4 Å². The van der Waals surface area contributed by atoms with Crippen molar-refractivity contribution in [2.75, 3.05) is 13.2 Å². The minimum atomic E-state index is -2.63. The number of nitrogens with zero attached hydrogens (tertiary/aromatic N) is 1. The molecule has 1 radical (unpaired) electrons. The Morgan fingerprint density at radius 1 is 1.38 bits per heavy atom. The van der Waals surface area contributed by atoms with Crippen molar-refractivity contribution in [3.8, 4) is 5.75 Å². The molecular formula is C17H14ClF3NOY-. The summed E-state index contributed by atoms with van der Waals surface area (Å²) in [5.41, 5.74) is 0.428. The van der Waals surface area contributed by atoms with Gasteiger partial charge in [0.15, 0.2) is 0 Å². The van der Waals surface area contributed by atoms with E-state index < -0.39 is 18.8 Å². The van der Waals surface area contributed by atoms with Gasteiger partial charge in [0.25, 0.3) is 6.43 Å². The molecule has 24 heavy (non-hydrogen) atoms. The Morgan fingerprint density at radius 2 is 2.08 bits per heavy atom. The van der Waals surface area contributed by atoms with Crippen LogP contribution in [0.1, 0.15) is 5.56 Å². The molecule has 2 nitrogen and oxygen atoms in total. The van der Waals surface area contributed by atoms with Crippen molar-refractivity contribution in [2.45, 2.75) is 6.43 Å². The Kier molecular flexibility index (Phi) is 8.27. The van der Waals surface area contributed by atoms with Crippen LogP contribution in [-0.2, 0) is 32.7 Å². The summed E-state index contributed by atoms with van der Waals surface area (Å²) in [7, 11) is 0. The Balaban J connectivity index is 0.00000288. The third-order valence-electron chi connectivity index (χ3n) is 3.09. The van der Waals surface area contributed by atoms with Crippen LogP contribution in [0, 0.1) is 11.9 Å². The number of halogens is 4. The van der Waals surface area contributed by atoms with Crippen LogP contribution in [0.15, 0.2) is 54.2 Å². The molecule has 0 aliphatic carbocycles. The summed E-state index contributed by atoms with van der Waals surface area (Å²) in [6, 6.07) is 4.16. The molecule has 0 unspecified atom stereocenters. The number of benzene rings is 1. The summed E-state index contributed by atoms with van der Waals surface area (Å²) < 4.78 is 45.2. The molecule has 1 aromatic carbocycles. The van der Waals surface area contributed by atoms with Crippen LogP contribution < -0.4 is 4.74 Å². The van der Waals surface area contributed by atoms with Gasteiger partial charge in [0.1, 0.15) is 12.4 Å². The average molecular weight is 430 g/mol. The van der Waals surface area contributed by atoms with Crippen LogP contribution in [0.25, 0.3) is 5.70 Å². The summed E-state index contributed by atoms with van der Waals surface area (Å²) in [5.74, 6) is -0.303. The van der Waals surface area contributed by atoms with Crippen LogP contribution in [0.3, 0.4) is 0 Å². The van der Waals surface area contributed by atoms with Gasteiger partial charge in [0.2, 0.25) is 0 Å². The first-order valence-corrected chi connectivity index (χ1v) is 7.09. The Hall–Kier alpha value is -1.04. The molecule has 0 spiro atoms. The number of hydrogen-bond donors (Lipinski definition) is 0. The minimum Gasteiger partial charge on any atom is -0.490 e. The van der Waals surface area contributed by atoms with E-state index in [1.807, 2.05) is 0 Å². The van der Waals surface area contributed by atoms with Gasteiger partial charge in [-0.1, -0.05) is 30.5 Å². The van der Waals surface area contributed by atoms with Gasteiger partial charge >= 0.3 is 0 Å². The average Bonchev–Trinajstić information content (AvgIpc) is 2.50. The Morgan fingerprint density at radius 3 is 2.67 bits per heavy atom. The van der Waals surface area contributed by atoms with Gasteiger partial charge in [0, 0.05) is 38.8 Å². The van der Waals surface area contributed by atoms with Gasteiger partial charge in [-0.05, 0) is 16.8 Å². The Labute approximate surface area is 169 Å². The van der Waals surface area contributed by atoms with E-state index in [0.717, 1.165) is 4.90 Å². The summed E-state index contributed by atoms with van der Waals surface area (Å²) >= 11 is 5.90. The topological polar surface area (TPSA) is 12.5 Å². The molecule has 0 saturated heterocycles. The van der Waals surface area contributed by atoms with Crippen molar-refractivity contribution in [2.24, 2.45) is 0 Å². The summed E-state index contributed by atoms with van der Waals surface area (Å²) in [5, 5.41) is 0.181. The minimum absolute atomic E-state index is 0. The van der Waals surface area contributed by atoms with E-state index in [9.17, 15) is 13.2 Å².